The van der Waals surface area contributed by atoms with E-state index < -0.39 is 0 Å². The minimum atomic E-state index is -0.167. The summed E-state index contributed by atoms with van der Waals surface area (Å²) < 4.78 is 9.69. The van der Waals surface area contributed by atoms with Crippen molar-refractivity contribution in [2.45, 2.75) is 52.7 Å². The fourth-order valence-electron chi connectivity index (χ4n) is 0.510. The van der Waals surface area contributed by atoms with Crippen LogP contribution in [0.25, 0.3) is 0 Å². The zero-order valence-corrected chi connectivity index (χ0v) is 16.8. The third-order valence-electron chi connectivity index (χ3n) is 1.30. The van der Waals surface area contributed by atoms with Crippen molar-refractivity contribution in [3.63, 3.8) is 0 Å². The summed E-state index contributed by atoms with van der Waals surface area (Å²) in [7, 11) is 1.70. The molecular weight excluding hydrogens is 342 g/mol. The van der Waals surface area contributed by atoms with Gasteiger partial charge in [-0.1, -0.05) is 22.6 Å². The summed E-state index contributed by atoms with van der Waals surface area (Å²) >= 11 is 2.15. The summed E-state index contributed by atoms with van der Waals surface area (Å²) in [5, 5.41) is 8.06. The van der Waals surface area contributed by atoms with Gasteiger partial charge in [-0.05, 0) is 45.5 Å². The Labute approximate surface area is 145 Å². The van der Waals surface area contributed by atoms with Gasteiger partial charge in [0, 0.05) is 26.4 Å². The molecule has 1 N–H and O–H groups in total. The summed E-state index contributed by atoms with van der Waals surface area (Å²) in [6.45, 7) is 9.44. The molecule has 0 aliphatic carbocycles. The van der Waals surface area contributed by atoms with Crippen LogP contribution in [0.2, 0.25) is 0 Å². The van der Waals surface area contributed by atoms with Gasteiger partial charge < -0.3 is 16.0 Å². The molecule has 104 valence electrons. The van der Waals surface area contributed by atoms with E-state index >= 15 is 0 Å². The smallest absolute Gasteiger partial charge is 1.00 e. The quantitative estimate of drug-likeness (QED) is 0.411. The van der Waals surface area contributed by atoms with E-state index in [1.807, 2.05) is 18.8 Å². The van der Waals surface area contributed by atoms with Gasteiger partial charge in [0.2, 0.25) is 0 Å². The van der Waals surface area contributed by atoms with Crippen molar-refractivity contribution in [2.75, 3.05) is 25.3 Å². The van der Waals surface area contributed by atoms with Crippen LogP contribution in [0.4, 0.5) is 0 Å². The molecule has 0 amide bonds. The van der Waals surface area contributed by atoms with Crippen molar-refractivity contribution in [1.29, 1.82) is 0 Å². The van der Waals surface area contributed by atoms with Crippen LogP contribution in [0.1, 0.15) is 42.0 Å². The molecule has 0 saturated carbocycles. The van der Waals surface area contributed by atoms with E-state index in [1.54, 1.807) is 21.0 Å². The Morgan fingerprint density at radius 3 is 1.41 bits per heavy atom. The average molecular weight is 372 g/mol. The molecule has 0 bridgehead atoms. The van der Waals surface area contributed by atoms with Crippen molar-refractivity contribution in [1.82, 2.24) is 0 Å². The van der Waals surface area contributed by atoms with Crippen LogP contribution in [0.15, 0.2) is 0 Å². The molecule has 0 unspecified atom stereocenters. The van der Waals surface area contributed by atoms with Crippen LogP contribution in [0.3, 0.4) is 0 Å². The van der Waals surface area contributed by atoms with E-state index in [1.165, 1.54) is 12.8 Å². The molecule has 0 atom stereocenters. The van der Waals surface area contributed by atoms with E-state index in [0.717, 1.165) is 13.2 Å². The molecule has 0 radical (unpaired) electrons. The van der Waals surface area contributed by atoms with Gasteiger partial charge in [0.15, 0.2) is 0 Å². The second-order valence-electron chi connectivity index (χ2n) is 3.70. The number of hydrogen-bond donors (Lipinski definition) is 1. The van der Waals surface area contributed by atoms with Crippen LogP contribution in [0.5, 0.6) is 0 Å². The fraction of sp³-hybridized carbons (Fsp3) is 1.00. The predicted molar refractivity (Wildman–Crippen MR) is 80.6 cm³/mol. The maximum Gasteiger partial charge on any atom is 1.00 e. The molecule has 0 aromatic heterocycles. The zero-order chi connectivity index (χ0) is 13.4. The van der Waals surface area contributed by atoms with Gasteiger partial charge in [-0.15, -0.1) is 0 Å². The molecule has 1 aliphatic rings. The van der Waals surface area contributed by atoms with Crippen LogP contribution in [-0.2, 0) is 9.47 Å². The van der Waals surface area contributed by atoms with Gasteiger partial charge in [-0.2, -0.15) is 0 Å². The van der Waals surface area contributed by atoms with Crippen LogP contribution in [-0.4, -0.2) is 42.6 Å². The van der Waals surface area contributed by atoms with E-state index in [4.69, 9.17) is 14.6 Å². The SMILES string of the molecule is C1CCOC1.CC(C)O.CI.COC(C)C.[H-].[Na+]. The predicted octanol–water partition coefficient (Wildman–Crippen LogP) is 0.393. The Morgan fingerprint density at radius 1 is 1.12 bits per heavy atom. The normalized spacial score (nSPS) is 12.4. The van der Waals surface area contributed by atoms with Crippen LogP contribution < -0.4 is 29.6 Å². The summed E-state index contributed by atoms with van der Waals surface area (Å²) in [4.78, 5) is 1.97. The maximum atomic E-state index is 8.06. The number of methoxy groups -OCH3 is 1. The summed E-state index contributed by atoms with van der Waals surface area (Å²) in [5.41, 5.74) is 0. The summed E-state index contributed by atoms with van der Waals surface area (Å²) in [6.07, 6.45) is 2.77. The topological polar surface area (TPSA) is 38.7 Å². The third-order valence-corrected chi connectivity index (χ3v) is 1.30. The molecule has 5 heteroatoms. The standard InChI is InChI=1S/C4H8O.C4H10O.C3H8O.CH3I.Na.H/c1-2-4-5-3-1;1-4(2)5-3;1-3(2)4;1-2;;/h1-4H2;4H,1-3H3;3-4H,1-2H3;1H3;;/q;;;;+1;-1. The average Bonchev–Trinajstić information content (AvgIpc) is 2.78. The summed E-state index contributed by atoms with van der Waals surface area (Å²) in [6, 6.07) is 0. The molecule has 1 heterocycles. The first-order valence-electron chi connectivity index (χ1n) is 5.67. The summed E-state index contributed by atoms with van der Waals surface area (Å²) in [5.74, 6) is 0. The first kappa shape index (κ1) is 27.0. The van der Waals surface area contributed by atoms with Gasteiger partial charge in [0.1, 0.15) is 0 Å². The van der Waals surface area contributed by atoms with Crippen LogP contribution >= 0.6 is 22.6 Å². The third kappa shape index (κ3) is 57.9. The molecular formula is C12H30INaO3. The van der Waals surface area contributed by atoms with E-state index in [2.05, 4.69) is 22.6 Å². The number of ether oxygens (including phenoxy) is 2. The molecule has 3 nitrogen and oxygen atoms in total. The number of aliphatic hydroxyl groups is 1. The zero-order valence-electron chi connectivity index (χ0n) is 13.6. The molecule has 0 aromatic rings. The van der Waals surface area contributed by atoms with Crippen molar-refractivity contribution < 1.29 is 45.6 Å². The first-order valence-corrected chi connectivity index (χ1v) is 7.82. The number of halogens is 1. The Bertz CT molecular complexity index is 95.0. The molecule has 1 aliphatic heterocycles. The minimum Gasteiger partial charge on any atom is -1.00 e. The van der Waals surface area contributed by atoms with E-state index in [-0.39, 0.29) is 37.1 Å². The van der Waals surface area contributed by atoms with Crippen molar-refractivity contribution in [3.8, 4) is 0 Å². The van der Waals surface area contributed by atoms with Gasteiger partial charge in [-0.25, -0.2) is 0 Å². The second kappa shape index (κ2) is 26.2. The molecule has 17 heavy (non-hydrogen) atoms. The number of aliphatic hydroxyl groups excluding tert-OH is 1. The fourth-order valence-corrected chi connectivity index (χ4v) is 0.510. The molecule has 1 rings (SSSR count). The minimum absolute atomic E-state index is 0. The largest absolute Gasteiger partial charge is 1.00 e. The van der Waals surface area contributed by atoms with Crippen molar-refractivity contribution in [2.24, 2.45) is 0 Å². The Hall–Kier alpha value is 1.61. The van der Waals surface area contributed by atoms with E-state index in [9.17, 15) is 0 Å². The molecule has 1 saturated heterocycles. The monoisotopic (exact) mass is 372 g/mol. The van der Waals surface area contributed by atoms with Crippen molar-refractivity contribution in [3.05, 3.63) is 0 Å². The van der Waals surface area contributed by atoms with Gasteiger partial charge >= 0.3 is 29.6 Å². The molecule has 1 fully saturated rings. The Balaban J connectivity index is -0.0000000420. The van der Waals surface area contributed by atoms with Crippen LogP contribution in [0, 0.1) is 0 Å². The molecule has 0 aromatic carbocycles. The number of rotatable bonds is 1. The first-order chi connectivity index (χ1) is 7.50. The van der Waals surface area contributed by atoms with Gasteiger partial charge in [0.25, 0.3) is 0 Å². The number of hydrogen-bond acceptors (Lipinski definition) is 3. The number of alkyl halides is 1. The Kier molecular flexibility index (Phi) is 41.7. The van der Waals surface area contributed by atoms with E-state index in [0.29, 0.717) is 6.10 Å². The maximum absolute atomic E-state index is 8.06. The second-order valence-corrected chi connectivity index (χ2v) is 3.70. The van der Waals surface area contributed by atoms with Crippen molar-refractivity contribution >= 4 is 22.6 Å². The molecule has 0 spiro atoms. The van der Waals surface area contributed by atoms with Gasteiger partial charge in [0.05, 0.1) is 6.10 Å². The Morgan fingerprint density at radius 2 is 1.35 bits per heavy atom. The van der Waals surface area contributed by atoms with Gasteiger partial charge in [-0.3, -0.25) is 0 Å².